The SMILES string of the molecule is CC(=O)N[C@@H]1C[C@@H]2CN(c3cc(C)nc(N4CCCCC4)n3)C[C@@H]2C[C@H]1O. The van der Waals surface area contributed by atoms with Crippen LogP contribution in [-0.2, 0) is 4.79 Å². The minimum absolute atomic E-state index is 0.0649. The van der Waals surface area contributed by atoms with Crippen LogP contribution < -0.4 is 15.1 Å². The van der Waals surface area contributed by atoms with Crippen molar-refractivity contribution in [1.82, 2.24) is 15.3 Å². The molecule has 2 saturated heterocycles. The molecule has 0 aromatic carbocycles. The predicted molar refractivity (Wildman–Crippen MR) is 105 cm³/mol. The number of aromatic nitrogens is 2. The van der Waals surface area contributed by atoms with Crippen LogP contribution in [0.25, 0.3) is 0 Å². The van der Waals surface area contributed by atoms with E-state index in [9.17, 15) is 9.90 Å². The van der Waals surface area contributed by atoms with Crippen molar-refractivity contribution in [3.05, 3.63) is 11.8 Å². The van der Waals surface area contributed by atoms with E-state index in [0.29, 0.717) is 11.8 Å². The smallest absolute Gasteiger partial charge is 0.227 e. The first kappa shape index (κ1) is 18.5. The van der Waals surface area contributed by atoms with Crippen molar-refractivity contribution in [3.8, 4) is 0 Å². The van der Waals surface area contributed by atoms with Crippen LogP contribution >= 0.6 is 0 Å². The molecule has 0 radical (unpaired) electrons. The van der Waals surface area contributed by atoms with Crippen molar-refractivity contribution in [2.45, 2.75) is 58.1 Å². The van der Waals surface area contributed by atoms with E-state index in [1.54, 1.807) is 0 Å². The van der Waals surface area contributed by atoms with E-state index < -0.39 is 6.10 Å². The summed E-state index contributed by atoms with van der Waals surface area (Å²) < 4.78 is 0. The summed E-state index contributed by atoms with van der Waals surface area (Å²) in [5.41, 5.74) is 1.01. The van der Waals surface area contributed by atoms with Crippen LogP contribution in [0, 0.1) is 18.8 Å². The number of aliphatic hydroxyl groups is 1. The van der Waals surface area contributed by atoms with Crippen LogP contribution in [0.1, 0.15) is 44.7 Å². The van der Waals surface area contributed by atoms with Gasteiger partial charge in [-0.05, 0) is 50.9 Å². The molecule has 3 heterocycles. The summed E-state index contributed by atoms with van der Waals surface area (Å²) in [4.78, 5) is 25.6. The van der Waals surface area contributed by atoms with Crippen molar-refractivity contribution in [1.29, 1.82) is 0 Å². The summed E-state index contributed by atoms with van der Waals surface area (Å²) in [7, 11) is 0. The summed E-state index contributed by atoms with van der Waals surface area (Å²) in [6, 6.07) is 1.95. The van der Waals surface area contributed by atoms with Gasteiger partial charge in [-0.15, -0.1) is 0 Å². The first-order valence-electron chi connectivity index (χ1n) is 10.3. The third-order valence-corrected chi connectivity index (χ3v) is 6.32. The molecule has 4 atom stereocenters. The second-order valence-electron chi connectivity index (χ2n) is 8.49. The highest BCUT2D eigenvalue weighted by Crippen LogP contribution is 2.38. The molecule has 2 aliphatic heterocycles. The zero-order chi connectivity index (χ0) is 19.0. The number of hydrogen-bond donors (Lipinski definition) is 2. The fourth-order valence-corrected chi connectivity index (χ4v) is 4.97. The first-order valence-corrected chi connectivity index (χ1v) is 10.3. The lowest BCUT2D eigenvalue weighted by molar-refractivity contribution is -0.121. The van der Waals surface area contributed by atoms with Crippen LogP contribution in [0.2, 0.25) is 0 Å². The summed E-state index contributed by atoms with van der Waals surface area (Å²) in [5, 5.41) is 13.3. The molecule has 1 aromatic rings. The van der Waals surface area contributed by atoms with Gasteiger partial charge in [0.25, 0.3) is 0 Å². The number of piperidine rings is 1. The molecule has 1 saturated carbocycles. The molecule has 0 bridgehead atoms. The number of hydrogen-bond acceptors (Lipinski definition) is 6. The predicted octanol–water partition coefficient (Wildman–Crippen LogP) is 1.49. The van der Waals surface area contributed by atoms with Crippen LogP contribution in [0.4, 0.5) is 11.8 Å². The molecule has 2 N–H and O–H groups in total. The maximum atomic E-state index is 11.4. The van der Waals surface area contributed by atoms with Gasteiger partial charge in [-0.2, -0.15) is 4.98 Å². The van der Waals surface area contributed by atoms with E-state index in [0.717, 1.165) is 56.5 Å². The van der Waals surface area contributed by atoms with E-state index in [1.165, 1.54) is 26.2 Å². The Morgan fingerprint density at radius 2 is 1.81 bits per heavy atom. The van der Waals surface area contributed by atoms with Crippen molar-refractivity contribution < 1.29 is 9.90 Å². The Morgan fingerprint density at radius 3 is 2.52 bits per heavy atom. The topological polar surface area (TPSA) is 81.6 Å². The Hall–Kier alpha value is -1.89. The molecule has 0 spiro atoms. The Labute approximate surface area is 161 Å². The average Bonchev–Trinajstić information content (AvgIpc) is 3.04. The lowest BCUT2D eigenvalue weighted by Gasteiger charge is -2.35. The van der Waals surface area contributed by atoms with Crippen LogP contribution in [0.15, 0.2) is 6.07 Å². The molecular formula is C20H31N5O2. The third-order valence-electron chi connectivity index (χ3n) is 6.32. The molecule has 1 amide bonds. The van der Waals surface area contributed by atoms with Crippen LogP contribution in [0.3, 0.4) is 0 Å². The van der Waals surface area contributed by atoms with E-state index in [1.807, 2.05) is 6.92 Å². The lowest BCUT2D eigenvalue weighted by Crippen LogP contribution is -2.48. The Balaban J connectivity index is 1.48. The summed E-state index contributed by atoms with van der Waals surface area (Å²) in [6.45, 7) is 7.50. The van der Waals surface area contributed by atoms with Gasteiger partial charge in [0.1, 0.15) is 5.82 Å². The third kappa shape index (κ3) is 4.03. The van der Waals surface area contributed by atoms with Crippen molar-refractivity contribution in [2.75, 3.05) is 36.0 Å². The van der Waals surface area contributed by atoms with E-state index >= 15 is 0 Å². The molecule has 1 aliphatic carbocycles. The van der Waals surface area contributed by atoms with Gasteiger partial charge < -0.3 is 20.2 Å². The Morgan fingerprint density at radius 1 is 1.11 bits per heavy atom. The molecule has 7 nitrogen and oxygen atoms in total. The van der Waals surface area contributed by atoms with Crippen molar-refractivity contribution in [2.24, 2.45) is 11.8 Å². The second-order valence-corrected chi connectivity index (χ2v) is 8.49. The fraction of sp³-hybridized carbons (Fsp3) is 0.750. The van der Waals surface area contributed by atoms with Gasteiger partial charge >= 0.3 is 0 Å². The summed E-state index contributed by atoms with van der Waals surface area (Å²) in [6.07, 6.45) is 4.85. The van der Waals surface area contributed by atoms with Crippen LogP contribution in [0.5, 0.6) is 0 Å². The highest BCUT2D eigenvalue weighted by molar-refractivity contribution is 5.73. The number of carbonyl (C=O) groups excluding carboxylic acids is 1. The molecule has 0 unspecified atom stereocenters. The average molecular weight is 374 g/mol. The molecule has 3 aliphatic rings. The van der Waals surface area contributed by atoms with Gasteiger partial charge in [-0.1, -0.05) is 0 Å². The van der Waals surface area contributed by atoms with E-state index in [4.69, 9.17) is 4.98 Å². The maximum absolute atomic E-state index is 11.4. The molecule has 27 heavy (non-hydrogen) atoms. The van der Waals surface area contributed by atoms with Gasteiger partial charge in [0.15, 0.2) is 0 Å². The highest BCUT2D eigenvalue weighted by atomic mass is 16.3. The zero-order valence-corrected chi connectivity index (χ0v) is 16.4. The maximum Gasteiger partial charge on any atom is 0.227 e. The lowest BCUT2D eigenvalue weighted by atomic mass is 9.77. The number of nitrogens with one attached hydrogen (secondary N) is 1. The molecule has 148 valence electrons. The Bertz CT molecular complexity index is 691. The minimum atomic E-state index is -0.453. The van der Waals surface area contributed by atoms with Gasteiger partial charge in [0.2, 0.25) is 11.9 Å². The normalized spacial score (nSPS) is 30.9. The zero-order valence-electron chi connectivity index (χ0n) is 16.4. The minimum Gasteiger partial charge on any atom is -0.391 e. The van der Waals surface area contributed by atoms with Crippen molar-refractivity contribution >= 4 is 17.7 Å². The molecule has 7 heteroatoms. The molecular weight excluding hydrogens is 342 g/mol. The molecule has 1 aromatic heterocycles. The number of aryl methyl sites for hydroxylation is 1. The van der Waals surface area contributed by atoms with Gasteiger partial charge in [-0.3, -0.25) is 4.79 Å². The highest BCUT2D eigenvalue weighted by Gasteiger charge is 2.42. The second kappa shape index (κ2) is 7.62. The van der Waals surface area contributed by atoms with E-state index in [-0.39, 0.29) is 11.9 Å². The van der Waals surface area contributed by atoms with Gasteiger partial charge in [-0.25, -0.2) is 4.98 Å². The van der Waals surface area contributed by atoms with Crippen molar-refractivity contribution in [3.63, 3.8) is 0 Å². The molecule has 4 rings (SSSR count). The van der Waals surface area contributed by atoms with E-state index in [2.05, 4.69) is 26.2 Å². The fourth-order valence-electron chi connectivity index (χ4n) is 4.97. The van der Waals surface area contributed by atoms with Crippen LogP contribution in [-0.4, -0.2) is 59.3 Å². The number of carbonyl (C=O) groups is 1. The monoisotopic (exact) mass is 373 g/mol. The number of anilines is 2. The van der Waals surface area contributed by atoms with Gasteiger partial charge in [0.05, 0.1) is 12.1 Å². The number of fused-ring (bicyclic) bond motifs is 1. The standard InChI is InChI=1S/C20H31N5O2/c1-13-8-19(23-20(21-13)24-6-4-3-5-7-24)25-11-15-9-17(22-14(2)26)18(27)10-16(15)12-25/h8,15-18,27H,3-7,9-12H2,1-2H3,(H,22,26)/t15-,16+,17-,18-/m1/s1. The number of aliphatic hydroxyl groups excluding tert-OH is 1. The quantitative estimate of drug-likeness (QED) is 0.835. The largest absolute Gasteiger partial charge is 0.391 e. The number of nitrogens with zero attached hydrogens (tertiary/aromatic N) is 4. The Kier molecular flexibility index (Phi) is 5.21. The first-order chi connectivity index (χ1) is 13.0. The molecule has 3 fully saturated rings. The van der Waals surface area contributed by atoms with Gasteiger partial charge in [0, 0.05) is 44.9 Å². The number of amides is 1. The summed E-state index contributed by atoms with van der Waals surface area (Å²) >= 11 is 0. The number of rotatable bonds is 3. The summed E-state index contributed by atoms with van der Waals surface area (Å²) in [5.74, 6) is 2.74.